The number of aromatic carboxylic acids is 6. The van der Waals surface area contributed by atoms with E-state index in [4.69, 9.17) is 69.6 Å². The SMILES string of the molecule is O=C([O-])c1ccc(Cl)cc1.O=C([O-])c1ccc(Cl)cc1.O=C([O-])c1ccc(Cl)cc1.O=C([O-])c1ccc(Cl)cc1.O=C([O-])c1ccc(Cl)cc1.O=C([O-])c1ccc(Cl)cc1.[OH3+].[OH3+].[Sm+3].[Sm+3].c1ccc(-c2cccc(-c3ccccn3)n2)nc1.c1ccc(-c2cccc(-c3ccccn3)n2)nc1. The average Bonchev–Trinajstić information content (AvgIpc) is 0.848. The van der Waals surface area contributed by atoms with Crippen LogP contribution in [-0.2, 0) is 11.0 Å². The van der Waals surface area contributed by atoms with E-state index in [9.17, 15) is 59.4 Å². The summed E-state index contributed by atoms with van der Waals surface area (Å²) in [6.07, 6.45) is 7.07. The fourth-order valence-corrected chi connectivity index (χ4v) is 7.77. The maximum Gasteiger partial charge on any atom is 3.00 e. The van der Waals surface area contributed by atoms with Crippen LogP contribution in [-0.4, -0.2) is 65.7 Å². The van der Waals surface area contributed by atoms with E-state index in [1.54, 1.807) is 24.8 Å². The van der Waals surface area contributed by atoms with Gasteiger partial charge in [-0.3, -0.25) is 19.9 Å². The molecule has 100 heavy (non-hydrogen) atoms. The van der Waals surface area contributed by atoms with Gasteiger partial charge in [-0.2, -0.15) is 0 Å². The fourth-order valence-electron chi connectivity index (χ4n) is 7.01. The number of hydrogen-bond donors (Lipinski definition) is 0. The van der Waals surface area contributed by atoms with E-state index in [1.165, 1.54) is 146 Å². The van der Waals surface area contributed by atoms with Crippen molar-refractivity contribution in [1.82, 2.24) is 29.9 Å². The van der Waals surface area contributed by atoms with Crippen LogP contribution in [0.2, 0.25) is 30.1 Å². The van der Waals surface area contributed by atoms with Gasteiger partial charge in [-0.15, -0.1) is 0 Å². The number of hydrogen-bond acceptors (Lipinski definition) is 18. The van der Waals surface area contributed by atoms with E-state index in [1.807, 2.05) is 109 Å². The van der Waals surface area contributed by atoms with Crippen LogP contribution in [0.3, 0.4) is 0 Å². The molecule has 0 saturated carbocycles. The molecule has 0 spiro atoms. The molecule has 0 aliphatic rings. The molecule has 0 aliphatic heterocycles. The Morgan fingerprint density at radius 2 is 0.350 bits per heavy atom. The van der Waals surface area contributed by atoms with Gasteiger partial charge in [-0.05, 0) is 179 Å². The number of carboxylic acids is 6. The number of carboxylic acid groups (broad SMARTS) is 6. The van der Waals surface area contributed by atoms with Crippen LogP contribution in [0.15, 0.2) is 280 Å². The second-order valence-electron chi connectivity index (χ2n) is 18.4. The maximum absolute atomic E-state index is 10.2. The van der Waals surface area contributed by atoms with Gasteiger partial charge < -0.3 is 70.4 Å². The Hall–Kier alpha value is -8.62. The third-order valence-electron chi connectivity index (χ3n) is 11.7. The van der Waals surface area contributed by atoms with Crippen molar-refractivity contribution in [3.63, 3.8) is 0 Å². The number of carbonyl (C=O) groups excluding carboxylic acids is 6. The third kappa shape index (κ3) is 34.0. The molecule has 28 heteroatoms. The summed E-state index contributed by atoms with van der Waals surface area (Å²) in [4.78, 5) is 87.3. The molecule has 0 fully saturated rings. The molecular formula is C72H52Cl6N6O14Sm2+2. The molecule has 0 saturated heterocycles. The van der Waals surface area contributed by atoms with Crippen molar-refractivity contribution in [3.8, 4) is 45.6 Å². The van der Waals surface area contributed by atoms with E-state index in [-0.39, 0.29) is 125 Å². The number of carbonyl (C=O) groups is 6. The van der Waals surface area contributed by atoms with Gasteiger partial charge in [0.1, 0.15) is 0 Å². The van der Waals surface area contributed by atoms with E-state index in [0.717, 1.165) is 45.6 Å². The zero-order valence-electron chi connectivity index (χ0n) is 51.4. The van der Waals surface area contributed by atoms with Crippen molar-refractivity contribution in [1.29, 1.82) is 0 Å². The molecule has 6 N–H and O–H groups in total. The van der Waals surface area contributed by atoms with Crippen molar-refractivity contribution >= 4 is 105 Å². The zero-order valence-corrected chi connectivity index (χ0v) is 61.2. The number of pyridine rings is 6. The summed E-state index contributed by atoms with van der Waals surface area (Å²) in [5.74, 6) is -7.10. The summed E-state index contributed by atoms with van der Waals surface area (Å²) in [5.41, 5.74) is 7.78. The number of aromatic nitrogens is 6. The van der Waals surface area contributed by atoms with Gasteiger partial charge in [0.05, 0.1) is 81.4 Å². The van der Waals surface area contributed by atoms with Gasteiger partial charge in [0.2, 0.25) is 0 Å². The average molecular weight is 1740 g/mol. The quantitative estimate of drug-likeness (QED) is 0.115. The molecule has 0 unspecified atom stereocenters. The first-order valence-electron chi connectivity index (χ1n) is 27.5. The fraction of sp³-hybridized carbons (Fsp3) is 0. The Balaban J connectivity index is 0.000000577. The summed E-state index contributed by atoms with van der Waals surface area (Å²) in [7, 11) is 0. The first-order chi connectivity index (χ1) is 46.1. The van der Waals surface area contributed by atoms with Crippen LogP contribution in [0.1, 0.15) is 62.1 Å². The van der Waals surface area contributed by atoms with Crippen molar-refractivity contribution in [2.45, 2.75) is 0 Å². The van der Waals surface area contributed by atoms with E-state index < -0.39 is 35.8 Å². The van der Waals surface area contributed by atoms with E-state index in [0.29, 0.717) is 30.1 Å². The second kappa shape index (κ2) is 49.0. The molecule has 6 aromatic carbocycles. The number of benzene rings is 6. The summed E-state index contributed by atoms with van der Waals surface area (Å²) in [6, 6.07) is 69.8. The first kappa shape index (κ1) is 89.4. The van der Waals surface area contributed by atoms with Gasteiger partial charge in [0, 0.05) is 54.9 Å². The normalized spacial score (nSPS) is 9.26. The molecule has 6 aromatic heterocycles. The minimum absolute atomic E-state index is 0. The van der Waals surface area contributed by atoms with Crippen LogP contribution in [0.4, 0.5) is 0 Å². The maximum atomic E-state index is 10.2. The van der Waals surface area contributed by atoms with Gasteiger partial charge in [-0.25, -0.2) is 9.97 Å². The first-order valence-corrected chi connectivity index (χ1v) is 29.7. The molecule has 2 radical (unpaired) electrons. The molecule has 0 atom stereocenters. The molecule has 506 valence electrons. The van der Waals surface area contributed by atoms with Crippen LogP contribution >= 0.6 is 69.6 Å². The number of nitrogens with zero attached hydrogens (tertiary/aromatic N) is 6. The Labute approximate surface area is 667 Å². The monoisotopic (exact) mass is 1740 g/mol. The Morgan fingerprint density at radius 1 is 0.210 bits per heavy atom. The van der Waals surface area contributed by atoms with Crippen molar-refractivity contribution in [3.05, 3.63) is 343 Å². The van der Waals surface area contributed by atoms with Crippen LogP contribution < -0.4 is 30.6 Å². The molecule has 20 nitrogen and oxygen atoms in total. The van der Waals surface area contributed by atoms with E-state index in [2.05, 4.69) is 29.9 Å². The smallest absolute Gasteiger partial charge is 0.545 e. The predicted octanol–water partition coefficient (Wildman–Crippen LogP) is 8.79. The molecule has 12 aromatic rings. The molecule has 0 bridgehead atoms. The topological polar surface area (TPSA) is 384 Å². The predicted molar refractivity (Wildman–Crippen MR) is 366 cm³/mol. The molecular weight excluding hydrogens is 1690 g/mol. The van der Waals surface area contributed by atoms with Crippen LogP contribution in [0.5, 0.6) is 0 Å². The molecule has 6 heterocycles. The van der Waals surface area contributed by atoms with Crippen molar-refractivity contribution < 1.29 is 151 Å². The molecule has 0 aliphatic carbocycles. The van der Waals surface area contributed by atoms with Gasteiger partial charge in [0.25, 0.3) is 0 Å². The zero-order chi connectivity index (χ0) is 69.8. The number of halogens is 6. The van der Waals surface area contributed by atoms with Gasteiger partial charge >= 0.3 is 80.8 Å². The Bertz CT molecular complexity index is 3750. The van der Waals surface area contributed by atoms with Crippen LogP contribution in [0, 0.1) is 80.8 Å². The summed E-state index contributed by atoms with van der Waals surface area (Å²) >= 11 is 33.0. The van der Waals surface area contributed by atoms with Gasteiger partial charge in [0.15, 0.2) is 0 Å². The second-order valence-corrected chi connectivity index (χ2v) is 21.1. The standard InChI is InChI=1S/2C15H11N3.6C7H5ClO2.2H2O.2Sm/c2*1-3-10-16-12(6-1)14-8-5-9-15(18-14)13-7-2-4-11-17-13;6*8-6-3-1-5(2-4-6)7(9)10;;;;/h2*1-11H;6*1-4H,(H,9,10);2*1H2;;/q;;;;;;;;;;2*+3/p-4. The Morgan fingerprint density at radius 3 is 0.470 bits per heavy atom. The minimum Gasteiger partial charge on any atom is -0.545 e. The minimum atomic E-state index is -1.18. The molecule has 12 rings (SSSR count). The summed E-state index contributed by atoms with van der Waals surface area (Å²) in [5, 5.41) is 64.1. The molecule has 0 amide bonds. The Kier molecular flexibility index (Phi) is 43.8. The van der Waals surface area contributed by atoms with E-state index >= 15 is 0 Å². The van der Waals surface area contributed by atoms with Crippen molar-refractivity contribution in [2.75, 3.05) is 0 Å². The number of rotatable bonds is 10. The third-order valence-corrected chi connectivity index (χ3v) is 13.2. The van der Waals surface area contributed by atoms with Crippen molar-refractivity contribution in [2.24, 2.45) is 0 Å². The summed E-state index contributed by atoms with van der Waals surface area (Å²) in [6.45, 7) is 0. The van der Waals surface area contributed by atoms with Gasteiger partial charge in [-0.1, -0.05) is 179 Å². The van der Waals surface area contributed by atoms with Crippen LogP contribution in [0.25, 0.3) is 45.6 Å². The summed E-state index contributed by atoms with van der Waals surface area (Å²) < 4.78 is 0. The largest absolute Gasteiger partial charge is 3.00 e.